The molecule has 12 heavy (non-hydrogen) atoms. The molecule has 1 rings (SSSR count). The van der Waals surface area contributed by atoms with Gasteiger partial charge in [0.05, 0.1) is 0 Å². The second kappa shape index (κ2) is 4.04. The number of nitrogen functional groups attached to an aromatic ring is 1. The summed E-state index contributed by atoms with van der Waals surface area (Å²) in [6.45, 7) is 0. The molecule has 0 spiro atoms. The van der Waals surface area contributed by atoms with E-state index in [1.807, 2.05) is 0 Å². The molecule has 0 aliphatic rings. The van der Waals surface area contributed by atoms with Crippen molar-refractivity contribution < 1.29 is 8.76 Å². The van der Waals surface area contributed by atoms with Crippen molar-refractivity contribution in [1.29, 1.82) is 0 Å². The Labute approximate surface area is 73.2 Å². The number of rotatable bonds is 2. The Morgan fingerprint density at radius 1 is 1.33 bits per heavy atom. The molecule has 64 valence electrons. The largest absolute Gasteiger partial charge is 0.399 e. The van der Waals surface area contributed by atoms with Gasteiger partial charge in [0.15, 0.2) is 11.1 Å². The monoisotopic (exact) mass is 183 g/mol. The lowest BCUT2D eigenvalue weighted by molar-refractivity contribution is 0.574. The van der Waals surface area contributed by atoms with Gasteiger partial charge in [0, 0.05) is 11.1 Å². The zero-order valence-electron chi connectivity index (χ0n) is 6.31. The van der Waals surface area contributed by atoms with Crippen LogP contribution in [0.15, 0.2) is 29.7 Å². The highest BCUT2D eigenvalue weighted by Crippen LogP contribution is 2.06. The molecule has 0 saturated carbocycles. The molecular formula is C8H9NO2S. The van der Waals surface area contributed by atoms with Crippen LogP contribution >= 0.6 is 0 Å². The van der Waals surface area contributed by atoms with Crippen LogP contribution in [0.1, 0.15) is 5.56 Å². The average Bonchev–Trinajstić information content (AvgIpc) is 2.03. The van der Waals surface area contributed by atoms with Crippen LogP contribution in [0.4, 0.5) is 5.69 Å². The van der Waals surface area contributed by atoms with Gasteiger partial charge in [-0.15, -0.1) is 0 Å². The first-order valence-corrected chi connectivity index (χ1v) is 4.49. The van der Waals surface area contributed by atoms with Gasteiger partial charge in [0.25, 0.3) is 0 Å². The normalized spacial score (nSPS) is 13.4. The molecular weight excluding hydrogens is 174 g/mol. The first kappa shape index (κ1) is 8.96. The first-order valence-electron chi connectivity index (χ1n) is 3.32. The predicted molar refractivity (Wildman–Crippen MR) is 50.7 cm³/mol. The summed E-state index contributed by atoms with van der Waals surface area (Å²) >= 11 is -1.88. The van der Waals surface area contributed by atoms with E-state index in [0.29, 0.717) is 5.69 Å². The fraction of sp³-hybridized carbons (Fsp3) is 0. The summed E-state index contributed by atoms with van der Waals surface area (Å²) in [6.07, 6.45) is 1.57. The average molecular weight is 183 g/mol. The van der Waals surface area contributed by atoms with Crippen LogP contribution in [0.25, 0.3) is 6.08 Å². The number of nitrogens with two attached hydrogens (primary N) is 1. The van der Waals surface area contributed by atoms with E-state index in [1.54, 1.807) is 30.3 Å². The summed E-state index contributed by atoms with van der Waals surface area (Å²) < 4.78 is 18.7. The van der Waals surface area contributed by atoms with E-state index in [1.165, 1.54) is 5.41 Å². The van der Waals surface area contributed by atoms with Crippen LogP contribution in [-0.4, -0.2) is 8.76 Å². The lowest BCUT2D eigenvalue weighted by Gasteiger charge is -1.93. The standard InChI is InChI=1S/C8H9NO2S/c9-8-3-1-7(2-4-8)5-6-12(10)11/h1-6H,9H2,(H,10,11)/b6-5+. The molecule has 0 amide bonds. The highest BCUT2D eigenvalue weighted by molar-refractivity contribution is 7.82. The van der Waals surface area contributed by atoms with Gasteiger partial charge in [-0.25, -0.2) is 4.21 Å². The van der Waals surface area contributed by atoms with Crippen LogP contribution < -0.4 is 5.73 Å². The van der Waals surface area contributed by atoms with Crippen LogP contribution in [-0.2, 0) is 11.1 Å². The van der Waals surface area contributed by atoms with E-state index in [0.717, 1.165) is 5.56 Å². The molecule has 1 unspecified atom stereocenters. The molecule has 0 aliphatic carbocycles. The van der Waals surface area contributed by atoms with Crippen LogP contribution in [0, 0.1) is 0 Å². The molecule has 4 heteroatoms. The van der Waals surface area contributed by atoms with Gasteiger partial charge in [0.1, 0.15) is 0 Å². The fourth-order valence-electron chi connectivity index (χ4n) is 0.744. The highest BCUT2D eigenvalue weighted by Gasteiger charge is 1.87. The van der Waals surface area contributed by atoms with E-state index >= 15 is 0 Å². The van der Waals surface area contributed by atoms with Crippen LogP contribution in [0.3, 0.4) is 0 Å². The molecule has 0 heterocycles. The van der Waals surface area contributed by atoms with Gasteiger partial charge in [-0.1, -0.05) is 12.1 Å². The van der Waals surface area contributed by atoms with Gasteiger partial charge in [0.2, 0.25) is 0 Å². The summed E-state index contributed by atoms with van der Waals surface area (Å²) in [6, 6.07) is 7.03. The third-order valence-electron chi connectivity index (χ3n) is 1.31. The zero-order valence-corrected chi connectivity index (χ0v) is 7.12. The summed E-state index contributed by atoms with van der Waals surface area (Å²) in [4.78, 5) is 0. The van der Waals surface area contributed by atoms with E-state index in [9.17, 15) is 4.21 Å². The SMILES string of the molecule is Nc1ccc(/C=C/S(=O)O)cc1. The van der Waals surface area contributed by atoms with Crippen molar-refractivity contribution in [2.75, 3.05) is 5.73 Å². The summed E-state index contributed by atoms with van der Waals surface area (Å²) in [5.74, 6) is 0. The minimum Gasteiger partial charge on any atom is -0.399 e. The van der Waals surface area contributed by atoms with Crippen molar-refractivity contribution >= 4 is 22.8 Å². The lowest BCUT2D eigenvalue weighted by Crippen LogP contribution is -1.83. The smallest absolute Gasteiger partial charge is 0.178 e. The van der Waals surface area contributed by atoms with Gasteiger partial charge in [-0.2, -0.15) is 0 Å². The fourth-order valence-corrected chi connectivity index (χ4v) is 1.02. The summed E-state index contributed by atoms with van der Waals surface area (Å²) in [7, 11) is 0. The molecule has 0 radical (unpaired) electrons. The van der Waals surface area contributed by atoms with Gasteiger partial charge >= 0.3 is 0 Å². The van der Waals surface area contributed by atoms with E-state index in [4.69, 9.17) is 10.3 Å². The van der Waals surface area contributed by atoms with Gasteiger partial charge in [-0.05, 0) is 23.8 Å². The van der Waals surface area contributed by atoms with Crippen molar-refractivity contribution in [3.05, 3.63) is 35.2 Å². The Bertz CT molecular complexity index is 305. The second-order valence-corrected chi connectivity index (χ2v) is 3.07. The molecule has 3 nitrogen and oxygen atoms in total. The van der Waals surface area contributed by atoms with E-state index in [2.05, 4.69) is 0 Å². The summed E-state index contributed by atoms with van der Waals surface area (Å²) in [5.41, 5.74) is 6.98. The second-order valence-electron chi connectivity index (χ2n) is 2.25. The van der Waals surface area contributed by atoms with Gasteiger partial charge in [-0.3, -0.25) is 0 Å². The molecule has 0 fully saturated rings. The van der Waals surface area contributed by atoms with Crippen molar-refractivity contribution in [2.24, 2.45) is 0 Å². The summed E-state index contributed by atoms with van der Waals surface area (Å²) in [5, 5.41) is 1.20. The Kier molecular flexibility index (Phi) is 3.01. The van der Waals surface area contributed by atoms with Crippen molar-refractivity contribution in [3.63, 3.8) is 0 Å². The lowest BCUT2D eigenvalue weighted by atomic mass is 10.2. The Morgan fingerprint density at radius 2 is 1.92 bits per heavy atom. The van der Waals surface area contributed by atoms with Crippen LogP contribution in [0.2, 0.25) is 0 Å². The maximum atomic E-state index is 10.2. The third kappa shape index (κ3) is 2.86. The molecule has 1 aromatic rings. The molecule has 0 aliphatic heterocycles. The van der Waals surface area contributed by atoms with Crippen molar-refractivity contribution in [2.45, 2.75) is 0 Å². The Balaban J connectivity index is 2.77. The van der Waals surface area contributed by atoms with Gasteiger partial charge < -0.3 is 10.3 Å². The number of benzene rings is 1. The Hall–Kier alpha value is -1.13. The molecule has 0 saturated heterocycles. The van der Waals surface area contributed by atoms with Crippen LogP contribution in [0.5, 0.6) is 0 Å². The molecule has 3 N–H and O–H groups in total. The molecule has 1 aromatic carbocycles. The van der Waals surface area contributed by atoms with E-state index in [-0.39, 0.29) is 0 Å². The topological polar surface area (TPSA) is 63.3 Å². The first-order chi connectivity index (χ1) is 5.68. The third-order valence-corrected chi connectivity index (χ3v) is 1.68. The molecule has 1 atom stereocenters. The molecule has 0 aromatic heterocycles. The van der Waals surface area contributed by atoms with Crippen molar-refractivity contribution in [1.82, 2.24) is 0 Å². The minimum atomic E-state index is -1.88. The predicted octanol–water partition coefficient (Wildman–Crippen LogP) is 1.46. The van der Waals surface area contributed by atoms with Crippen molar-refractivity contribution in [3.8, 4) is 0 Å². The number of hydrogen-bond donors (Lipinski definition) is 2. The van der Waals surface area contributed by atoms with E-state index < -0.39 is 11.1 Å². The maximum Gasteiger partial charge on any atom is 0.178 e. The maximum absolute atomic E-state index is 10.2. The number of hydrogen-bond acceptors (Lipinski definition) is 2. The quantitative estimate of drug-likeness (QED) is 0.539. The molecule has 0 bridgehead atoms. The minimum absolute atomic E-state index is 0.678. The number of anilines is 1. The highest BCUT2D eigenvalue weighted by atomic mass is 32.2. The zero-order chi connectivity index (χ0) is 8.97. The Morgan fingerprint density at radius 3 is 2.42 bits per heavy atom.